The average molecular weight is 581 g/mol. The molecule has 12 heteroatoms. The molecule has 5 aromatic rings. The van der Waals surface area contributed by atoms with Gasteiger partial charge in [-0.2, -0.15) is 4.31 Å². The second-order valence-corrected chi connectivity index (χ2v) is 12.4. The van der Waals surface area contributed by atoms with Gasteiger partial charge >= 0.3 is 0 Å². The number of ether oxygens (including phenoxy) is 1. The Morgan fingerprint density at radius 1 is 1.13 bits per heavy atom. The number of piperidine rings is 1. The zero-order valence-corrected chi connectivity index (χ0v) is 23.4. The van der Waals surface area contributed by atoms with Crippen LogP contribution in [0.15, 0.2) is 77.3 Å². The quantitative estimate of drug-likeness (QED) is 0.273. The predicted octanol–water partition coefficient (Wildman–Crippen LogP) is 5.45. The van der Waals surface area contributed by atoms with Crippen molar-refractivity contribution >= 4 is 43.9 Å². The van der Waals surface area contributed by atoms with Crippen molar-refractivity contribution in [1.29, 1.82) is 0 Å². The summed E-state index contributed by atoms with van der Waals surface area (Å²) in [6.45, 7) is 0.773. The van der Waals surface area contributed by atoms with Crippen molar-refractivity contribution in [1.82, 2.24) is 23.7 Å². The summed E-state index contributed by atoms with van der Waals surface area (Å²) in [6.07, 6.45) is 5.21. The number of hydrogen-bond donors (Lipinski definition) is 1. The molecule has 0 spiro atoms. The fourth-order valence-corrected chi connectivity index (χ4v) is 7.14. The van der Waals surface area contributed by atoms with E-state index in [0.29, 0.717) is 29.8 Å². The van der Waals surface area contributed by atoms with Crippen LogP contribution in [0.5, 0.6) is 5.75 Å². The van der Waals surface area contributed by atoms with Gasteiger partial charge in [-0.25, -0.2) is 23.4 Å². The number of nitrogens with one attached hydrogen (secondary N) is 1. The summed E-state index contributed by atoms with van der Waals surface area (Å²) in [5.74, 6) is 1.18. The van der Waals surface area contributed by atoms with E-state index in [1.165, 1.54) is 16.4 Å². The lowest BCUT2D eigenvalue weighted by Crippen LogP contribution is -2.45. The van der Waals surface area contributed by atoms with Gasteiger partial charge in [0.2, 0.25) is 16.0 Å². The molecule has 39 heavy (non-hydrogen) atoms. The summed E-state index contributed by atoms with van der Waals surface area (Å²) in [5.41, 5.74) is 3.27. The van der Waals surface area contributed by atoms with Gasteiger partial charge in [-0.3, -0.25) is 4.40 Å². The highest BCUT2D eigenvalue weighted by atomic mass is 35.5. The first-order chi connectivity index (χ1) is 18.9. The molecule has 0 bridgehead atoms. The molecule has 1 saturated heterocycles. The lowest BCUT2D eigenvalue weighted by atomic mass is 10.1. The fourth-order valence-electron chi connectivity index (χ4n) is 4.78. The lowest BCUT2D eigenvalue weighted by Gasteiger charge is -2.32. The smallest absolute Gasteiger partial charge is 0.243 e. The SMILES string of the molecule is COc1cccc(-c2nc3sccn3c2-c2ccnc(N[C@H]3CCCN(S(=O)(=O)c4ccc(Cl)cc4)C3)n2)c1. The highest BCUT2D eigenvalue weighted by Gasteiger charge is 2.30. The first-order valence-electron chi connectivity index (χ1n) is 12.4. The van der Waals surface area contributed by atoms with E-state index in [1.807, 2.05) is 46.3 Å². The van der Waals surface area contributed by atoms with E-state index in [0.717, 1.165) is 40.5 Å². The van der Waals surface area contributed by atoms with Crippen LogP contribution in [0.2, 0.25) is 5.02 Å². The molecule has 0 unspecified atom stereocenters. The van der Waals surface area contributed by atoms with Crippen molar-refractivity contribution in [2.75, 3.05) is 25.5 Å². The molecular weight excluding hydrogens is 556 g/mol. The van der Waals surface area contributed by atoms with Gasteiger partial charge in [-0.05, 0) is 55.3 Å². The summed E-state index contributed by atoms with van der Waals surface area (Å²) in [6, 6.07) is 15.8. The Labute approximate surface area is 235 Å². The van der Waals surface area contributed by atoms with Crippen LogP contribution in [0, 0.1) is 0 Å². The van der Waals surface area contributed by atoms with Crippen LogP contribution < -0.4 is 10.1 Å². The molecular formula is C27H25ClN6O3S2. The number of methoxy groups -OCH3 is 1. The highest BCUT2D eigenvalue weighted by molar-refractivity contribution is 7.89. The van der Waals surface area contributed by atoms with Crippen molar-refractivity contribution in [3.05, 3.63) is 77.4 Å². The van der Waals surface area contributed by atoms with Gasteiger partial charge in [0.1, 0.15) is 11.4 Å². The van der Waals surface area contributed by atoms with E-state index in [9.17, 15) is 8.42 Å². The first kappa shape index (κ1) is 25.8. The monoisotopic (exact) mass is 580 g/mol. The van der Waals surface area contributed by atoms with Crippen LogP contribution in [-0.4, -0.2) is 58.3 Å². The highest BCUT2D eigenvalue weighted by Crippen LogP contribution is 2.35. The third kappa shape index (κ3) is 5.10. The van der Waals surface area contributed by atoms with E-state index in [4.69, 9.17) is 26.3 Å². The van der Waals surface area contributed by atoms with E-state index < -0.39 is 10.0 Å². The molecule has 0 amide bonds. The summed E-state index contributed by atoms with van der Waals surface area (Å²) in [4.78, 5) is 15.2. The molecule has 0 saturated carbocycles. The third-order valence-electron chi connectivity index (χ3n) is 6.67. The van der Waals surface area contributed by atoms with Gasteiger partial charge in [0.05, 0.1) is 23.4 Å². The predicted molar refractivity (Wildman–Crippen MR) is 153 cm³/mol. The minimum Gasteiger partial charge on any atom is -0.497 e. The Kier molecular flexibility index (Phi) is 6.98. The second-order valence-electron chi connectivity index (χ2n) is 9.16. The first-order valence-corrected chi connectivity index (χ1v) is 15.1. The van der Waals surface area contributed by atoms with Crippen molar-refractivity contribution in [3.8, 4) is 28.4 Å². The molecule has 9 nitrogen and oxygen atoms in total. The Hall–Kier alpha value is -3.51. The van der Waals surface area contributed by atoms with Gasteiger partial charge < -0.3 is 10.1 Å². The Balaban J connectivity index is 1.28. The minimum absolute atomic E-state index is 0.138. The molecule has 0 aliphatic carbocycles. The van der Waals surface area contributed by atoms with Crippen LogP contribution >= 0.6 is 22.9 Å². The molecule has 3 aromatic heterocycles. The summed E-state index contributed by atoms with van der Waals surface area (Å²) in [7, 11) is -1.99. The van der Waals surface area contributed by atoms with Crippen molar-refractivity contribution in [3.63, 3.8) is 0 Å². The van der Waals surface area contributed by atoms with Crippen LogP contribution in [0.4, 0.5) is 5.95 Å². The van der Waals surface area contributed by atoms with Gasteiger partial charge in [-0.1, -0.05) is 23.7 Å². The fraction of sp³-hybridized carbons (Fsp3) is 0.222. The number of thiazole rings is 1. The summed E-state index contributed by atoms with van der Waals surface area (Å²) >= 11 is 7.50. The molecule has 1 fully saturated rings. The third-order valence-corrected chi connectivity index (χ3v) is 9.56. The van der Waals surface area contributed by atoms with Gasteiger partial charge in [0.25, 0.3) is 0 Å². The number of nitrogens with zero attached hydrogens (tertiary/aromatic N) is 5. The normalized spacial score (nSPS) is 16.4. The van der Waals surface area contributed by atoms with Crippen LogP contribution in [0.1, 0.15) is 12.8 Å². The van der Waals surface area contributed by atoms with Gasteiger partial charge in [0, 0.05) is 47.5 Å². The number of imidazole rings is 1. The Bertz CT molecular complexity index is 1740. The number of sulfonamides is 1. The molecule has 1 N–H and O–H groups in total. The zero-order chi connectivity index (χ0) is 27.0. The van der Waals surface area contributed by atoms with Gasteiger partial charge in [-0.15, -0.1) is 11.3 Å². The number of rotatable bonds is 7. The van der Waals surface area contributed by atoms with Crippen LogP contribution in [0.3, 0.4) is 0 Å². The second kappa shape index (κ2) is 10.6. The Morgan fingerprint density at radius 2 is 1.97 bits per heavy atom. The number of fused-ring (bicyclic) bond motifs is 1. The van der Waals surface area contributed by atoms with E-state index in [-0.39, 0.29) is 10.9 Å². The van der Waals surface area contributed by atoms with Crippen LogP contribution in [-0.2, 0) is 10.0 Å². The molecule has 4 heterocycles. The molecule has 6 rings (SSSR count). The van der Waals surface area contributed by atoms with E-state index in [2.05, 4.69) is 10.3 Å². The maximum Gasteiger partial charge on any atom is 0.243 e. The number of anilines is 1. The largest absolute Gasteiger partial charge is 0.497 e. The Morgan fingerprint density at radius 3 is 2.79 bits per heavy atom. The van der Waals surface area contributed by atoms with Crippen LogP contribution in [0.25, 0.3) is 27.6 Å². The molecule has 200 valence electrons. The molecule has 1 atom stereocenters. The van der Waals surface area contributed by atoms with Crippen molar-refractivity contribution in [2.45, 2.75) is 23.8 Å². The molecule has 0 radical (unpaired) electrons. The number of aromatic nitrogens is 4. The van der Waals surface area contributed by atoms with Crippen molar-refractivity contribution in [2.24, 2.45) is 0 Å². The maximum absolute atomic E-state index is 13.2. The molecule has 2 aromatic carbocycles. The van der Waals surface area contributed by atoms with Gasteiger partial charge in [0.15, 0.2) is 4.96 Å². The summed E-state index contributed by atoms with van der Waals surface area (Å²) in [5, 5.41) is 5.85. The zero-order valence-electron chi connectivity index (χ0n) is 21.0. The number of hydrogen-bond acceptors (Lipinski definition) is 8. The lowest BCUT2D eigenvalue weighted by molar-refractivity contribution is 0.326. The van der Waals surface area contributed by atoms with E-state index in [1.54, 1.807) is 36.8 Å². The molecule has 1 aliphatic heterocycles. The minimum atomic E-state index is -3.63. The molecule has 1 aliphatic rings. The standard InChI is InChI=1S/C27H25ClN6O3S2/c1-37-21-6-2-4-18(16-21)24-25(34-14-15-38-27(34)32-24)23-11-12-29-26(31-23)30-20-5-3-13-33(17-20)39(35,36)22-9-7-19(28)8-10-22/h2,4,6-12,14-16,20H,3,5,13,17H2,1H3,(H,29,30,31)/t20-/m0/s1. The average Bonchev–Trinajstić information content (AvgIpc) is 3.55. The summed E-state index contributed by atoms with van der Waals surface area (Å²) < 4.78 is 35.4. The van der Waals surface area contributed by atoms with Crippen molar-refractivity contribution < 1.29 is 13.2 Å². The van der Waals surface area contributed by atoms with E-state index >= 15 is 0 Å². The number of halogens is 1. The number of benzene rings is 2. The maximum atomic E-state index is 13.2. The topological polar surface area (TPSA) is 102 Å².